The second kappa shape index (κ2) is 4.90. The van der Waals surface area contributed by atoms with Crippen LogP contribution in [0.5, 0.6) is 0 Å². The van der Waals surface area contributed by atoms with Gasteiger partial charge in [-0.25, -0.2) is 8.42 Å². The zero-order chi connectivity index (χ0) is 13.3. The van der Waals surface area contributed by atoms with Gasteiger partial charge in [0.05, 0.1) is 12.3 Å². The molecule has 2 rings (SSSR count). The molecule has 4 nitrogen and oxygen atoms in total. The Hall–Kier alpha value is -1.07. The fourth-order valence-corrected chi connectivity index (χ4v) is 3.72. The lowest BCUT2D eigenvalue weighted by atomic mass is 9.93. The number of hydrogen-bond donors (Lipinski definition) is 1. The van der Waals surface area contributed by atoms with Crippen molar-refractivity contribution in [2.45, 2.75) is 31.4 Å². The van der Waals surface area contributed by atoms with Crippen molar-refractivity contribution in [1.82, 2.24) is 0 Å². The van der Waals surface area contributed by atoms with Gasteiger partial charge in [0.2, 0.25) is 10.0 Å². The van der Waals surface area contributed by atoms with Crippen LogP contribution < -0.4 is 4.31 Å². The van der Waals surface area contributed by atoms with Gasteiger partial charge in [0, 0.05) is 6.54 Å². The largest absolute Gasteiger partial charge is 0.395 e. The van der Waals surface area contributed by atoms with Crippen molar-refractivity contribution in [3.05, 3.63) is 29.8 Å². The number of rotatable bonds is 3. The minimum atomic E-state index is -3.47. The lowest BCUT2D eigenvalue weighted by molar-refractivity contribution is 0.295. The molecule has 0 bridgehead atoms. The first-order valence-electron chi connectivity index (χ1n) is 6.19. The fourth-order valence-electron chi connectivity index (χ4n) is 2.29. The van der Waals surface area contributed by atoms with Gasteiger partial charge in [-0.3, -0.25) is 4.31 Å². The molecule has 0 aromatic heterocycles. The predicted molar refractivity (Wildman–Crippen MR) is 72.3 cm³/mol. The lowest BCUT2D eigenvalue weighted by Gasteiger charge is -2.35. The van der Waals surface area contributed by atoms with Gasteiger partial charge < -0.3 is 5.11 Å². The summed E-state index contributed by atoms with van der Waals surface area (Å²) in [6.45, 7) is 3.79. The minimum absolute atomic E-state index is 0.351. The molecule has 1 aliphatic rings. The van der Waals surface area contributed by atoms with E-state index in [-0.39, 0.29) is 6.61 Å². The zero-order valence-corrected chi connectivity index (χ0v) is 11.5. The van der Waals surface area contributed by atoms with Gasteiger partial charge in [-0.15, -0.1) is 0 Å². The summed E-state index contributed by atoms with van der Waals surface area (Å²) >= 11 is 0. The Morgan fingerprint density at radius 1 is 1.44 bits per heavy atom. The number of benzene rings is 1. The van der Waals surface area contributed by atoms with E-state index in [1.165, 1.54) is 11.2 Å². The summed E-state index contributed by atoms with van der Waals surface area (Å²) in [5, 5.41) is 8.33. The van der Waals surface area contributed by atoms with Gasteiger partial charge in [-0.05, 0) is 30.9 Å². The average molecular weight is 269 g/mol. The number of fused-ring (bicyclic) bond motifs is 1. The van der Waals surface area contributed by atoms with E-state index < -0.39 is 15.3 Å². The third-order valence-corrected chi connectivity index (χ3v) is 5.73. The number of anilines is 1. The summed E-state index contributed by atoms with van der Waals surface area (Å²) < 4.78 is 26.2. The van der Waals surface area contributed by atoms with Crippen molar-refractivity contribution in [1.29, 1.82) is 0 Å². The number of nitrogens with zero attached hydrogens (tertiary/aromatic N) is 1. The molecule has 0 spiro atoms. The number of hydrogen-bond acceptors (Lipinski definition) is 3. The van der Waals surface area contributed by atoms with Gasteiger partial charge in [0.25, 0.3) is 0 Å². The van der Waals surface area contributed by atoms with Gasteiger partial charge in [0.1, 0.15) is 5.25 Å². The first kappa shape index (κ1) is 13.4. The Morgan fingerprint density at radius 3 is 2.78 bits per heavy atom. The van der Waals surface area contributed by atoms with Crippen LogP contribution in [0.3, 0.4) is 0 Å². The van der Waals surface area contributed by atoms with Crippen molar-refractivity contribution in [2.75, 3.05) is 17.5 Å². The smallest absolute Gasteiger partial charge is 0.240 e. The van der Waals surface area contributed by atoms with Crippen molar-refractivity contribution in [2.24, 2.45) is 0 Å². The maximum Gasteiger partial charge on any atom is 0.240 e. The van der Waals surface area contributed by atoms with E-state index in [9.17, 15) is 8.42 Å². The second-order valence-electron chi connectivity index (χ2n) is 4.86. The molecule has 2 unspecified atom stereocenters. The maximum absolute atomic E-state index is 12.4. The lowest BCUT2D eigenvalue weighted by Crippen LogP contribution is -2.42. The Bertz CT molecular complexity index is 527. The topological polar surface area (TPSA) is 57.6 Å². The third-order valence-electron chi connectivity index (χ3n) is 3.57. The average Bonchev–Trinajstić information content (AvgIpc) is 2.38. The van der Waals surface area contributed by atoms with E-state index in [4.69, 9.17) is 5.11 Å². The molecule has 5 heteroatoms. The molecule has 0 aliphatic carbocycles. The van der Waals surface area contributed by atoms with Crippen LogP contribution in [0.1, 0.15) is 31.7 Å². The minimum Gasteiger partial charge on any atom is -0.395 e. The van der Waals surface area contributed by atoms with Gasteiger partial charge in [-0.1, -0.05) is 25.1 Å². The molecule has 1 aromatic carbocycles. The van der Waals surface area contributed by atoms with E-state index in [1.54, 1.807) is 0 Å². The molecule has 1 aliphatic heterocycles. The van der Waals surface area contributed by atoms with Crippen LogP contribution in [0.15, 0.2) is 24.3 Å². The van der Waals surface area contributed by atoms with E-state index in [0.29, 0.717) is 12.5 Å². The van der Waals surface area contributed by atoms with E-state index in [0.717, 1.165) is 17.7 Å². The summed E-state index contributed by atoms with van der Waals surface area (Å²) in [4.78, 5) is 0. The molecule has 2 atom stereocenters. The van der Waals surface area contributed by atoms with Crippen LogP contribution in [0.4, 0.5) is 5.69 Å². The summed E-state index contributed by atoms with van der Waals surface area (Å²) in [5.41, 5.74) is 1.83. The summed E-state index contributed by atoms with van der Waals surface area (Å²) in [5.74, 6) is 0.372. The monoisotopic (exact) mass is 269 g/mol. The number of aliphatic hydroxyl groups is 1. The number of aliphatic hydroxyl groups excluding tert-OH is 1. The standard InChI is InChI=1S/C13H19NO3S/c1-10-7-8-14(18(16,17)11(2)9-15)13-6-4-3-5-12(10)13/h3-6,10-11,15H,7-9H2,1-2H3. The van der Waals surface area contributed by atoms with E-state index >= 15 is 0 Å². The molecular weight excluding hydrogens is 250 g/mol. The zero-order valence-electron chi connectivity index (χ0n) is 10.7. The Balaban J connectivity index is 2.47. The highest BCUT2D eigenvalue weighted by Gasteiger charge is 2.33. The Labute approximate surface area is 108 Å². The van der Waals surface area contributed by atoms with Crippen molar-refractivity contribution in [3.8, 4) is 0 Å². The quantitative estimate of drug-likeness (QED) is 0.909. The van der Waals surface area contributed by atoms with Gasteiger partial charge >= 0.3 is 0 Å². The molecule has 0 saturated carbocycles. The van der Waals surface area contributed by atoms with Crippen molar-refractivity contribution < 1.29 is 13.5 Å². The molecule has 0 radical (unpaired) electrons. The van der Waals surface area contributed by atoms with Gasteiger partial charge in [-0.2, -0.15) is 0 Å². The van der Waals surface area contributed by atoms with Crippen LogP contribution >= 0.6 is 0 Å². The first-order valence-corrected chi connectivity index (χ1v) is 7.70. The first-order chi connectivity index (χ1) is 8.48. The highest BCUT2D eigenvalue weighted by molar-refractivity contribution is 7.93. The molecule has 1 heterocycles. The normalized spacial score (nSPS) is 21.5. The molecule has 18 heavy (non-hydrogen) atoms. The predicted octanol–water partition coefficient (Wildman–Crippen LogP) is 1.71. The molecule has 0 saturated heterocycles. The van der Waals surface area contributed by atoms with Crippen molar-refractivity contribution >= 4 is 15.7 Å². The van der Waals surface area contributed by atoms with Crippen LogP contribution in [0.2, 0.25) is 0 Å². The van der Waals surface area contributed by atoms with Crippen LogP contribution in [-0.2, 0) is 10.0 Å². The highest BCUT2D eigenvalue weighted by atomic mass is 32.2. The number of sulfonamides is 1. The number of para-hydroxylation sites is 1. The van der Waals surface area contributed by atoms with E-state index in [1.807, 2.05) is 24.3 Å². The summed E-state index contributed by atoms with van der Waals surface area (Å²) in [6, 6.07) is 7.60. The molecular formula is C13H19NO3S. The second-order valence-corrected chi connectivity index (χ2v) is 7.13. The highest BCUT2D eigenvalue weighted by Crippen LogP contribution is 2.36. The molecule has 0 fully saturated rings. The van der Waals surface area contributed by atoms with Crippen LogP contribution in [-0.4, -0.2) is 31.9 Å². The SMILES string of the molecule is CC1CCN(S(=O)(=O)C(C)CO)c2ccccc21. The molecule has 0 amide bonds. The fraction of sp³-hybridized carbons (Fsp3) is 0.538. The Kier molecular flexibility index (Phi) is 3.64. The Morgan fingerprint density at radius 2 is 2.11 bits per heavy atom. The molecule has 100 valence electrons. The van der Waals surface area contributed by atoms with Crippen LogP contribution in [0, 0.1) is 0 Å². The molecule has 1 N–H and O–H groups in total. The van der Waals surface area contributed by atoms with Gasteiger partial charge in [0.15, 0.2) is 0 Å². The summed E-state index contributed by atoms with van der Waals surface area (Å²) in [6.07, 6.45) is 0.814. The third kappa shape index (κ3) is 2.12. The molecule has 1 aromatic rings. The van der Waals surface area contributed by atoms with Crippen LogP contribution in [0.25, 0.3) is 0 Å². The summed E-state index contributed by atoms with van der Waals surface area (Å²) in [7, 11) is -3.47. The van der Waals surface area contributed by atoms with E-state index in [2.05, 4.69) is 6.92 Å². The van der Waals surface area contributed by atoms with Crippen molar-refractivity contribution in [3.63, 3.8) is 0 Å². The maximum atomic E-state index is 12.4.